The van der Waals surface area contributed by atoms with E-state index in [2.05, 4.69) is 70.7 Å². The standard InChI is InChI=1S/C34H43N11OS/c1-22-20-27(29(46-4)21-28(22)45-14-9-23(10-15-45)44-18-16-42(2)17-19-44)39-34-40-32-24(8-11-37-32)33(41-34)38-26-7-6-25-30(36-13-12-35-25)31(26)43(3)47-5/h6-8,11-13,20-21,23H,9-10,14-19H2,1-5H3,(H3,37,38,39,40,41). The normalized spacial score (nSPS) is 16.6. The van der Waals surface area contributed by atoms with Crippen LogP contribution in [0.15, 0.2) is 48.9 Å². The van der Waals surface area contributed by atoms with Crippen LogP contribution in [0.25, 0.3) is 22.1 Å². The molecule has 0 saturated carbocycles. The highest BCUT2D eigenvalue weighted by Gasteiger charge is 2.28. The van der Waals surface area contributed by atoms with E-state index in [9.17, 15) is 0 Å². The Hall–Kier alpha value is -4.33. The third-order valence-electron chi connectivity index (χ3n) is 9.50. The fourth-order valence-corrected chi connectivity index (χ4v) is 7.18. The van der Waals surface area contributed by atoms with E-state index in [-0.39, 0.29) is 0 Å². The Labute approximate surface area is 280 Å². The number of fused-ring (bicyclic) bond motifs is 2. The maximum Gasteiger partial charge on any atom is 0.231 e. The number of benzene rings is 2. The molecule has 12 nitrogen and oxygen atoms in total. The number of rotatable bonds is 9. The summed E-state index contributed by atoms with van der Waals surface area (Å²) in [7, 11) is 5.96. The molecule has 2 aliphatic heterocycles. The zero-order valence-corrected chi connectivity index (χ0v) is 28.6. The van der Waals surface area contributed by atoms with Crippen LogP contribution in [0.1, 0.15) is 18.4 Å². The second kappa shape index (κ2) is 13.4. The molecule has 0 spiro atoms. The zero-order valence-electron chi connectivity index (χ0n) is 27.7. The Balaban J connectivity index is 1.14. The summed E-state index contributed by atoms with van der Waals surface area (Å²) in [5, 5.41) is 7.92. The number of aromatic amines is 1. The van der Waals surface area contributed by atoms with Gasteiger partial charge < -0.3 is 34.5 Å². The Morgan fingerprint density at radius 3 is 2.51 bits per heavy atom. The number of likely N-dealkylation sites (N-methyl/N-ethyl adjacent to an activating group) is 1. The van der Waals surface area contributed by atoms with E-state index in [1.807, 2.05) is 37.7 Å². The third-order valence-corrected chi connectivity index (χ3v) is 10.2. The molecule has 0 bridgehead atoms. The van der Waals surface area contributed by atoms with Crippen molar-refractivity contribution in [2.45, 2.75) is 25.8 Å². The Bertz CT molecular complexity index is 1860. The molecule has 0 unspecified atom stereocenters. The average molecular weight is 654 g/mol. The maximum atomic E-state index is 5.92. The summed E-state index contributed by atoms with van der Waals surface area (Å²) >= 11 is 1.60. The summed E-state index contributed by atoms with van der Waals surface area (Å²) < 4.78 is 8.00. The van der Waals surface area contributed by atoms with Gasteiger partial charge in [-0.3, -0.25) is 14.9 Å². The minimum Gasteiger partial charge on any atom is -0.494 e. The summed E-state index contributed by atoms with van der Waals surface area (Å²) in [4.78, 5) is 29.8. The van der Waals surface area contributed by atoms with Gasteiger partial charge in [0, 0.05) is 89.0 Å². The number of piperazine rings is 1. The number of aryl methyl sites for hydroxylation is 1. The quantitative estimate of drug-likeness (QED) is 0.171. The Morgan fingerprint density at radius 2 is 1.74 bits per heavy atom. The number of nitrogens with one attached hydrogen (secondary N) is 3. The van der Waals surface area contributed by atoms with Crippen LogP contribution >= 0.6 is 11.9 Å². The second-order valence-corrected chi connectivity index (χ2v) is 13.3. The van der Waals surface area contributed by atoms with Gasteiger partial charge in [-0.15, -0.1) is 0 Å². The first kappa shape index (κ1) is 31.3. The molecule has 3 N–H and O–H groups in total. The summed E-state index contributed by atoms with van der Waals surface area (Å²) in [6.07, 6.45) is 9.71. The SMILES string of the molecule is COc1cc(N2CCC(N3CCN(C)CC3)CC2)c(C)cc1Nc1nc(Nc2ccc3nccnc3c2N(C)SC)c2cc[nH]c2n1. The van der Waals surface area contributed by atoms with Crippen LogP contribution in [-0.4, -0.2) is 107 Å². The van der Waals surface area contributed by atoms with Gasteiger partial charge in [0.05, 0.1) is 35.1 Å². The minimum absolute atomic E-state index is 0.459. The van der Waals surface area contributed by atoms with Crippen LogP contribution in [0.3, 0.4) is 0 Å². The lowest BCUT2D eigenvalue weighted by atomic mass is 10.0. The highest BCUT2D eigenvalue weighted by Crippen LogP contribution is 2.39. The molecule has 2 aromatic carbocycles. The number of piperidine rings is 1. The number of H-pyrrole nitrogens is 1. The van der Waals surface area contributed by atoms with E-state index in [0.29, 0.717) is 17.8 Å². The minimum atomic E-state index is 0.459. The van der Waals surface area contributed by atoms with Gasteiger partial charge in [-0.05, 0) is 56.6 Å². The van der Waals surface area contributed by atoms with Crippen molar-refractivity contribution >= 4 is 68.5 Å². The van der Waals surface area contributed by atoms with Crippen molar-refractivity contribution in [2.24, 2.45) is 0 Å². The average Bonchev–Trinajstić information content (AvgIpc) is 3.58. The first-order valence-electron chi connectivity index (χ1n) is 16.2. The molecule has 0 aliphatic carbocycles. The molecular formula is C34H43N11OS. The van der Waals surface area contributed by atoms with Gasteiger partial charge in [-0.25, -0.2) is 0 Å². The topological polar surface area (TPSA) is 114 Å². The molecule has 2 fully saturated rings. The van der Waals surface area contributed by atoms with Crippen LogP contribution < -0.4 is 24.6 Å². The van der Waals surface area contributed by atoms with E-state index in [1.54, 1.807) is 31.5 Å². The van der Waals surface area contributed by atoms with Crippen molar-refractivity contribution in [3.63, 3.8) is 0 Å². The van der Waals surface area contributed by atoms with Crippen molar-refractivity contribution in [1.82, 2.24) is 34.7 Å². The number of ether oxygens (including phenoxy) is 1. The summed E-state index contributed by atoms with van der Waals surface area (Å²) in [5.41, 5.74) is 7.40. The van der Waals surface area contributed by atoms with Gasteiger partial charge >= 0.3 is 0 Å². The monoisotopic (exact) mass is 653 g/mol. The molecule has 3 aromatic heterocycles. The molecule has 0 atom stereocenters. The highest BCUT2D eigenvalue weighted by atomic mass is 32.2. The van der Waals surface area contributed by atoms with Crippen molar-refractivity contribution < 1.29 is 4.74 Å². The fraction of sp³-hybridized carbons (Fsp3) is 0.412. The van der Waals surface area contributed by atoms with Crippen molar-refractivity contribution in [1.29, 1.82) is 0 Å². The number of hydrogen-bond donors (Lipinski definition) is 3. The lowest BCUT2D eigenvalue weighted by Crippen LogP contribution is -2.52. The number of methoxy groups -OCH3 is 1. The molecule has 13 heteroatoms. The van der Waals surface area contributed by atoms with Gasteiger partial charge in [-0.2, -0.15) is 9.97 Å². The highest BCUT2D eigenvalue weighted by molar-refractivity contribution is 7.99. The summed E-state index contributed by atoms with van der Waals surface area (Å²) in [6.45, 7) is 8.94. The zero-order chi connectivity index (χ0) is 32.5. The van der Waals surface area contributed by atoms with Crippen LogP contribution in [0.2, 0.25) is 0 Å². The molecule has 2 saturated heterocycles. The van der Waals surface area contributed by atoms with Crippen LogP contribution in [0.5, 0.6) is 5.75 Å². The molecule has 246 valence electrons. The first-order chi connectivity index (χ1) is 22.9. The van der Waals surface area contributed by atoms with Gasteiger partial charge in [0.15, 0.2) is 0 Å². The molecule has 2 aliphatic rings. The predicted octanol–water partition coefficient (Wildman–Crippen LogP) is 5.64. The number of aromatic nitrogens is 5. The van der Waals surface area contributed by atoms with E-state index < -0.39 is 0 Å². The third kappa shape index (κ3) is 6.34. The van der Waals surface area contributed by atoms with Crippen LogP contribution in [0.4, 0.5) is 34.5 Å². The fourth-order valence-electron chi connectivity index (χ4n) is 6.82. The molecule has 5 aromatic rings. The largest absolute Gasteiger partial charge is 0.494 e. The van der Waals surface area contributed by atoms with Crippen LogP contribution in [0, 0.1) is 6.92 Å². The molecule has 5 heterocycles. The summed E-state index contributed by atoms with van der Waals surface area (Å²) in [6, 6.07) is 10.9. The number of hydrogen-bond acceptors (Lipinski definition) is 12. The Morgan fingerprint density at radius 1 is 0.957 bits per heavy atom. The maximum absolute atomic E-state index is 5.92. The van der Waals surface area contributed by atoms with Crippen molar-refractivity contribution in [3.8, 4) is 5.75 Å². The van der Waals surface area contributed by atoms with Crippen molar-refractivity contribution in [3.05, 3.63) is 54.5 Å². The van der Waals surface area contributed by atoms with Gasteiger partial charge in [0.2, 0.25) is 5.95 Å². The first-order valence-corrected chi connectivity index (χ1v) is 17.4. The van der Waals surface area contributed by atoms with Crippen LogP contribution in [-0.2, 0) is 0 Å². The van der Waals surface area contributed by atoms with E-state index in [0.717, 1.165) is 71.1 Å². The van der Waals surface area contributed by atoms with Gasteiger partial charge in [0.25, 0.3) is 0 Å². The van der Waals surface area contributed by atoms with E-state index in [1.165, 1.54) is 37.2 Å². The Kier molecular flexibility index (Phi) is 8.93. The molecule has 0 amide bonds. The molecule has 0 radical (unpaired) electrons. The molecule has 47 heavy (non-hydrogen) atoms. The van der Waals surface area contributed by atoms with E-state index in [4.69, 9.17) is 14.7 Å². The van der Waals surface area contributed by atoms with Crippen molar-refractivity contribution in [2.75, 3.05) is 86.6 Å². The lowest BCUT2D eigenvalue weighted by Gasteiger charge is -2.43. The van der Waals surface area contributed by atoms with Gasteiger partial charge in [-0.1, -0.05) is 11.9 Å². The number of anilines is 6. The smallest absolute Gasteiger partial charge is 0.231 e. The lowest BCUT2D eigenvalue weighted by molar-refractivity contribution is 0.0982. The van der Waals surface area contributed by atoms with Gasteiger partial charge in [0.1, 0.15) is 22.7 Å². The number of nitrogens with zero attached hydrogens (tertiary/aromatic N) is 8. The molecule has 7 rings (SSSR count). The second-order valence-electron chi connectivity index (χ2n) is 12.3. The van der Waals surface area contributed by atoms with E-state index >= 15 is 0 Å². The molecular weight excluding hydrogens is 611 g/mol. The predicted molar refractivity (Wildman–Crippen MR) is 194 cm³/mol. The summed E-state index contributed by atoms with van der Waals surface area (Å²) in [5.74, 6) is 1.89.